The Bertz CT molecular complexity index is 614. The number of aryl methyl sites for hydroxylation is 1. The summed E-state index contributed by atoms with van der Waals surface area (Å²) in [6, 6.07) is 0. The topological polar surface area (TPSA) is 89.9 Å². The first-order valence-electron chi connectivity index (χ1n) is 5.20. The molecular weight excluding hydrogens is 224 g/mol. The molecule has 0 bridgehead atoms. The first-order chi connectivity index (χ1) is 8.11. The van der Waals surface area contributed by atoms with Crippen molar-refractivity contribution < 1.29 is 9.53 Å². The monoisotopic (exact) mass is 236 g/mol. The van der Waals surface area contributed by atoms with Crippen molar-refractivity contribution in [2.45, 2.75) is 20.4 Å². The Balaban J connectivity index is 2.42. The fourth-order valence-electron chi connectivity index (χ4n) is 1.52. The normalized spacial score (nSPS) is 10.7. The van der Waals surface area contributed by atoms with Crippen LogP contribution >= 0.6 is 0 Å². The van der Waals surface area contributed by atoms with E-state index in [2.05, 4.69) is 15.1 Å². The van der Waals surface area contributed by atoms with Crippen molar-refractivity contribution in [2.24, 2.45) is 0 Å². The number of carbonyl (C=O) groups is 1. The van der Waals surface area contributed by atoms with Gasteiger partial charge in [-0.25, -0.2) is 9.67 Å². The van der Waals surface area contributed by atoms with Gasteiger partial charge in [-0.05, 0) is 13.8 Å². The maximum absolute atomic E-state index is 11.6. The molecule has 2 aromatic rings. The summed E-state index contributed by atoms with van der Waals surface area (Å²) in [7, 11) is 0. The minimum atomic E-state index is -0.405. The second-order valence-electron chi connectivity index (χ2n) is 3.50. The number of carbonyl (C=O) groups excluding carboxylic acids is 1. The number of hydrogen-bond donors (Lipinski definition) is 1. The number of aromatic amines is 1. The summed E-state index contributed by atoms with van der Waals surface area (Å²) in [5.41, 5.74) is 0.127. The number of nitrogens with zero attached hydrogens (tertiary/aromatic N) is 3. The van der Waals surface area contributed by atoms with Gasteiger partial charge in [0.05, 0.1) is 12.8 Å². The number of aromatic nitrogens is 4. The summed E-state index contributed by atoms with van der Waals surface area (Å²) in [5.74, 6) is 0.0744. The van der Waals surface area contributed by atoms with E-state index in [0.717, 1.165) is 0 Å². The summed E-state index contributed by atoms with van der Waals surface area (Å²) in [5, 5.41) is 4.31. The van der Waals surface area contributed by atoms with Crippen LogP contribution in [0.4, 0.5) is 0 Å². The van der Waals surface area contributed by atoms with Crippen molar-refractivity contribution in [3.05, 3.63) is 22.4 Å². The average molecular weight is 236 g/mol. The molecule has 7 nitrogen and oxygen atoms in total. The minimum absolute atomic E-state index is 0.0484. The van der Waals surface area contributed by atoms with Crippen molar-refractivity contribution in [2.75, 3.05) is 6.61 Å². The number of hydrogen-bond acceptors (Lipinski definition) is 5. The van der Waals surface area contributed by atoms with E-state index in [4.69, 9.17) is 4.74 Å². The molecule has 2 rings (SSSR count). The third-order valence-electron chi connectivity index (χ3n) is 2.21. The number of rotatable bonds is 3. The highest BCUT2D eigenvalue weighted by Gasteiger charge is 2.11. The molecule has 2 heterocycles. The van der Waals surface area contributed by atoms with Crippen molar-refractivity contribution in [3.8, 4) is 0 Å². The molecule has 0 unspecified atom stereocenters. The number of esters is 1. The summed E-state index contributed by atoms with van der Waals surface area (Å²) in [6.07, 6.45) is 1.39. The molecule has 0 fully saturated rings. The molecule has 2 aromatic heterocycles. The molecule has 0 saturated heterocycles. The van der Waals surface area contributed by atoms with E-state index in [0.29, 0.717) is 23.5 Å². The van der Waals surface area contributed by atoms with Crippen molar-refractivity contribution in [1.82, 2.24) is 19.7 Å². The zero-order valence-corrected chi connectivity index (χ0v) is 9.56. The maximum atomic E-state index is 11.6. The van der Waals surface area contributed by atoms with Crippen LogP contribution in [0.3, 0.4) is 0 Å². The number of fused-ring (bicyclic) bond motifs is 1. The Kier molecular flexibility index (Phi) is 2.90. The minimum Gasteiger partial charge on any atom is -0.465 e. The molecule has 0 aliphatic heterocycles. The van der Waals surface area contributed by atoms with Crippen LogP contribution in [0.1, 0.15) is 12.7 Å². The van der Waals surface area contributed by atoms with Crippen LogP contribution in [0.2, 0.25) is 0 Å². The van der Waals surface area contributed by atoms with Gasteiger partial charge in [-0.2, -0.15) is 5.10 Å². The van der Waals surface area contributed by atoms with E-state index in [1.54, 1.807) is 13.8 Å². The predicted octanol–water partition coefficient (Wildman–Crippen LogP) is -0.00888. The Morgan fingerprint density at radius 3 is 3.06 bits per heavy atom. The van der Waals surface area contributed by atoms with Crippen LogP contribution in [-0.4, -0.2) is 32.3 Å². The average Bonchev–Trinajstić information content (AvgIpc) is 2.62. The zero-order chi connectivity index (χ0) is 12.4. The van der Waals surface area contributed by atoms with Crippen molar-refractivity contribution in [3.63, 3.8) is 0 Å². The SMILES string of the molecule is CCOC(=O)Cn1ncc2c(=O)[nH]c(C)nc21. The molecule has 0 atom stereocenters. The van der Waals surface area contributed by atoms with Crippen LogP contribution in [0, 0.1) is 6.92 Å². The molecule has 90 valence electrons. The maximum Gasteiger partial charge on any atom is 0.327 e. The van der Waals surface area contributed by atoms with E-state index in [9.17, 15) is 9.59 Å². The molecule has 0 radical (unpaired) electrons. The Hall–Kier alpha value is -2.18. The van der Waals surface area contributed by atoms with Gasteiger partial charge in [0.15, 0.2) is 5.65 Å². The van der Waals surface area contributed by atoms with Gasteiger partial charge in [0, 0.05) is 0 Å². The lowest BCUT2D eigenvalue weighted by atomic mass is 10.4. The second-order valence-corrected chi connectivity index (χ2v) is 3.50. The van der Waals surface area contributed by atoms with Crippen molar-refractivity contribution in [1.29, 1.82) is 0 Å². The van der Waals surface area contributed by atoms with Crippen LogP contribution in [0.5, 0.6) is 0 Å². The van der Waals surface area contributed by atoms with Gasteiger partial charge in [-0.3, -0.25) is 9.59 Å². The van der Waals surface area contributed by atoms with Crippen LogP contribution in [0.25, 0.3) is 11.0 Å². The molecule has 0 aliphatic carbocycles. The van der Waals surface area contributed by atoms with Gasteiger partial charge >= 0.3 is 5.97 Å². The summed E-state index contributed by atoms with van der Waals surface area (Å²) in [4.78, 5) is 29.6. The molecule has 0 spiro atoms. The highest BCUT2D eigenvalue weighted by atomic mass is 16.5. The van der Waals surface area contributed by atoms with Crippen LogP contribution in [0.15, 0.2) is 11.0 Å². The lowest BCUT2D eigenvalue weighted by molar-refractivity contribution is -0.143. The largest absolute Gasteiger partial charge is 0.465 e. The quantitative estimate of drug-likeness (QED) is 0.757. The zero-order valence-electron chi connectivity index (χ0n) is 9.56. The molecule has 17 heavy (non-hydrogen) atoms. The predicted molar refractivity (Wildman–Crippen MR) is 59.5 cm³/mol. The number of ether oxygens (including phenoxy) is 1. The molecule has 7 heteroatoms. The highest BCUT2D eigenvalue weighted by molar-refractivity contribution is 5.76. The lowest BCUT2D eigenvalue weighted by Gasteiger charge is -2.02. The summed E-state index contributed by atoms with van der Waals surface area (Å²) >= 11 is 0. The van der Waals surface area contributed by atoms with Gasteiger partial charge in [0.25, 0.3) is 5.56 Å². The fourth-order valence-corrected chi connectivity index (χ4v) is 1.52. The van der Waals surface area contributed by atoms with Gasteiger partial charge in [-0.15, -0.1) is 0 Å². The summed E-state index contributed by atoms with van der Waals surface area (Å²) < 4.78 is 6.17. The van der Waals surface area contributed by atoms with Gasteiger partial charge in [0.2, 0.25) is 0 Å². The molecule has 0 amide bonds. The molecule has 1 N–H and O–H groups in total. The van der Waals surface area contributed by atoms with E-state index in [1.807, 2.05) is 0 Å². The number of nitrogens with one attached hydrogen (secondary N) is 1. The third-order valence-corrected chi connectivity index (χ3v) is 2.21. The Morgan fingerprint density at radius 1 is 1.59 bits per heavy atom. The molecular formula is C10H12N4O3. The Morgan fingerprint density at radius 2 is 2.35 bits per heavy atom. The first kappa shape index (κ1) is 11.3. The molecule has 0 saturated carbocycles. The van der Waals surface area contributed by atoms with E-state index in [-0.39, 0.29) is 12.1 Å². The standard InChI is InChI=1S/C10H12N4O3/c1-3-17-8(15)5-14-9-7(4-11-14)10(16)13-6(2)12-9/h4H,3,5H2,1-2H3,(H,12,13,16). The second kappa shape index (κ2) is 4.36. The van der Waals surface area contributed by atoms with Gasteiger partial charge < -0.3 is 9.72 Å². The fraction of sp³-hybridized carbons (Fsp3) is 0.400. The van der Waals surface area contributed by atoms with E-state index < -0.39 is 5.97 Å². The van der Waals surface area contributed by atoms with Crippen molar-refractivity contribution >= 4 is 17.0 Å². The third kappa shape index (κ3) is 2.17. The van der Waals surface area contributed by atoms with E-state index >= 15 is 0 Å². The summed E-state index contributed by atoms with van der Waals surface area (Å²) in [6.45, 7) is 3.66. The molecule has 0 aromatic carbocycles. The Labute approximate surface area is 96.4 Å². The number of H-pyrrole nitrogens is 1. The van der Waals surface area contributed by atoms with Gasteiger partial charge in [-0.1, -0.05) is 0 Å². The first-order valence-corrected chi connectivity index (χ1v) is 5.20. The lowest BCUT2D eigenvalue weighted by Crippen LogP contribution is -2.16. The van der Waals surface area contributed by atoms with Gasteiger partial charge in [0.1, 0.15) is 17.8 Å². The van der Waals surface area contributed by atoms with Crippen LogP contribution < -0.4 is 5.56 Å². The van der Waals surface area contributed by atoms with Crippen LogP contribution in [-0.2, 0) is 16.1 Å². The highest BCUT2D eigenvalue weighted by Crippen LogP contribution is 2.05. The molecule has 0 aliphatic rings. The van der Waals surface area contributed by atoms with E-state index in [1.165, 1.54) is 10.9 Å². The smallest absolute Gasteiger partial charge is 0.327 e.